The molecule has 0 aliphatic rings. The number of esters is 1. The van der Waals surface area contributed by atoms with Crippen molar-refractivity contribution in [2.24, 2.45) is 0 Å². The molecule has 0 N–H and O–H groups in total. The van der Waals surface area contributed by atoms with Gasteiger partial charge in [0.05, 0.1) is 11.6 Å². The number of fused-ring (bicyclic) bond motifs is 1. The van der Waals surface area contributed by atoms with Gasteiger partial charge in [0.1, 0.15) is 0 Å². The molecule has 0 bridgehead atoms. The van der Waals surface area contributed by atoms with Crippen LogP contribution in [0.1, 0.15) is 23.0 Å². The zero-order chi connectivity index (χ0) is 11.7. The van der Waals surface area contributed by atoms with E-state index < -0.39 is 5.97 Å². The van der Waals surface area contributed by atoms with E-state index in [1.807, 2.05) is 13.1 Å². The molecule has 2 aromatic heterocycles. The van der Waals surface area contributed by atoms with Crippen molar-refractivity contribution < 1.29 is 9.53 Å². The van der Waals surface area contributed by atoms with E-state index in [0.29, 0.717) is 17.3 Å². The van der Waals surface area contributed by atoms with Crippen LogP contribution in [0.2, 0.25) is 5.02 Å². The Morgan fingerprint density at radius 1 is 1.56 bits per heavy atom. The summed E-state index contributed by atoms with van der Waals surface area (Å²) in [5.74, 6) is -0.431. The van der Waals surface area contributed by atoms with Crippen molar-refractivity contribution in [1.29, 1.82) is 0 Å². The van der Waals surface area contributed by atoms with Gasteiger partial charge in [-0.05, 0) is 25.5 Å². The highest BCUT2D eigenvalue weighted by Crippen LogP contribution is 2.18. The summed E-state index contributed by atoms with van der Waals surface area (Å²) in [6, 6.07) is 1.80. The summed E-state index contributed by atoms with van der Waals surface area (Å²) in [7, 11) is 0. The first-order valence-corrected chi connectivity index (χ1v) is 5.31. The summed E-state index contributed by atoms with van der Waals surface area (Å²) in [5, 5.41) is 0.524. The number of carbonyl (C=O) groups excluding carboxylic acids is 1. The molecule has 2 heterocycles. The Labute approximate surface area is 97.8 Å². The maximum Gasteiger partial charge on any atom is 0.358 e. The number of halogens is 1. The van der Waals surface area contributed by atoms with Crippen LogP contribution < -0.4 is 0 Å². The first kappa shape index (κ1) is 11.0. The summed E-state index contributed by atoms with van der Waals surface area (Å²) in [5.41, 5.74) is 1.84. The fourth-order valence-electron chi connectivity index (χ4n) is 1.49. The first-order valence-electron chi connectivity index (χ1n) is 4.93. The summed E-state index contributed by atoms with van der Waals surface area (Å²) in [4.78, 5) is 15.6. The van der Waals surface area contributed by atoms with Crippen molar-refractivity contribution in [2.45, 2.75) is 13.8 Å². The van der Waals surface area contributed by atoms with E-state index >= 15 is 0 Å². The van der Waals surface area contributed by atoms with Crippen molar-refractivity contribution in [2.75, 3.05) is 6.61 Å². The number of nitrogens with zero attached hydrogens (tertiary/aromatic N) is 2. The van der Waals surface area contributed by atoms with Gasteiger partial charge in [-0.15, -0.1) is 0 Å². The van der Waals surface area contributed by atoms with Crippen LogP contribution in [-0.2, 0) is 4.74 Å². The number of aryl methyl sites for hydroxylation is 1. The Kier molecular flexibility index (Phi) is 2.83. The largest absolute Gasteiger partial charge is 0.461 e. The fourth-order valence-corrected chi connectivity index (χ4v) is 1.81. The minimum Gasteiger partial charge on any atom is -0.461 e. The molecule has 0 spiro atoms. The minimum atomic E-state index is -0.431. The SMILES string of the molecule is CCOC(=O)c1cn2cc(C)cc(Cl)c2n1. The number of rotatable bonds is 2. The lowest BCUT2D eigenvalue weighted by molar-refractivity contribution is 0.0520. The quantitative estimate of drug-likeness (QED) is 0.755. The molecule has 2 aromatic rings. The lowest BCUT2D eigenvalue weighted by atomic mass is 10.3. The normalized spacial score (nSPS) is 10.7. The van der Waals surface area contributed by atoms with Gasteiger partial charge in [0.2, 0.25) is 0 Å². The molecule has 0 atom stereocenters. The number of hydrogen-bond acceptors (Lipinski definition) is 3. The van der Waals surface area contributed by atoms with Gasteiger partial charge in [-0.1, -0.05) is 11.6 Å². The number of hydrogen-bond donors (Lipinski definition) is 0. The standard InChI is InChI=1S/C11H11ClN2O2/c1-3-16-11(15)9-6-14-5-7(2)4-8(12)10(14)13-9/h4-6H,3H2,1-2H3. The lowest BCUT2D eigenvalue weighted by Crippen LogP contribution is -2.04. The molecule has 0 saturated heterocycles. The van der Waals surface area contributed by atoms with Crippen LogP contribution in [0.15, 0.2) is 18.5 Å². The molecule has 5 heteroatoms. The average Bonchev–Trinajstić information content (AvgIpc) is 2.62. The van der Waals surface area contributed by atoms with Gasteiger partial charge in [0, 0.05) is 12.4 Å². The third-order valence-corrected chi connectivity index (χ3v) is 2.41. The van der Waals surface area contributed by atoms with Crippen LogP contribution in [-0.4, -0.2) is 22.0 Å². The predicted molar refractivity (Wildman–Crippen MR) is 60.9 cm³/mol. The Hall–Kier alpha value is -1.55. The highest BCUT2D eigenvalue weighted by atomic mass is 35.5. The third-order valence-electron chi connectivity index (χ3n) is 2.13. The van der Waals surface area contributed by atoms with Crippen LogP contribution in [0.5, 0.6) is 0 Å². The monoisotopic (exact) mass is 238 g/mol. The van der Waals surface area contributed by atoms with Gasteiger partial charge in [0.25, 0.3) is 0 Å². The molecule has 16 heavy (non-hydrogen) atoms. The third kappa shape index (κ3) is 1.88. The van der Waals surface area contributed by atoms with Gasteiger partial charge in [0.15, 0.2) is 11.3 Å². The Morgan fingerprint density at radius 2 is 2.31 bits per heavy atom. The maximum atomic E-state index is 11.5. The maximum absolute atomic E-state index is 11.5. The number of imidazole rings is 1. The molecule has 0 fully saturated rings. The number of carbonyl (C=O) groups is 1. The zero-order valence-corrected chi connectivity index (χ0v) is 9.78. The molecule has 0 aliphatic heterocycles. The predicted octanol–water partition coefficient (Wildman–Crippen LogP) is 2.47. The molecule has 0 saturated carbocycles. The molecule has 2 rings (SSSR count). The van der Waals surface area contributed by atoms with Crippen molar-refractivity contribution in [3.63, 3.8) is 0 Å². The fraction of sp³-hybridized carbons (Fsp3) is 0.273. The van der Waals surface area contributed by atoms with E-state index in [1.54, 1.807) is 23.6 Å². The number of ether oxygens (including phenoxy) is 1. The van der Waals surface area contributed by atoms with E-state index in [0.717, 1.165) is 5.56 Å². The topological polar surface area (TPSA) is 43.6 Å². The Balaban J connectivity index is 2.51. The summed E-state index contributed by atoms with van der Waals surface area (Å²) in [6.45, 7) is 4.01. The van der Waals surface area contributed by atoms with Crippen LogP contribution in [0.4, 0.5) is 0 Å². The summed E-state index contributed by atoms with van der Waals surface area (Å²) < 4.78 is 6.60. The van der Waals surface area contributed by atoms with Gasteiger partial charge < -0.3 is 9.14 Å². The zero-order valence-electron chi connectivity index (χ0n) is 9.03. The molecule has 4 nitrogen and oxygen atoms in total. The highest BCUT2D eigenvalue weighted by Gasteiger charge is 2.13. The molecule has 0 unspecified atom stereocenters. The van der Waals surface area contributed by atoms with Crippen LogP contribution in [0.25, 0.3) is 5.65 Å². The molecule has 0 radical (unpaired) electrons. The highest BCUT2D eigenvalue weighted by molar-refractivity contribution is 6.33. The second kappa shape index (κ2) is 4.14. The van der Waals surface area contributed by atoms with Gasteiger partial charge in [-0.3, -0.25) is 0 Å². The van der Waals surface area contributed by atoms with Gasteiger partial charge in [-0.2, -0.15) is 0 Å². The average molecular weight is 239 g/mol. The van der Waals surface area contributed by atoms with Crippen LogP contribution in [0.3, 0.4) is 0 Å². The summed E-state index contributed by atoms with van der Waals surface area (Å²) in [6.07, 6.45) is 3.48. The van der Waals surface area contributed by atoms with E-state index in [4.69, 9.17) is 16.3 Å². The van der Waals surface area contributed by atoms with Crippen molar-refractivity contribution in [3.8, 4) is 0 Å². The molecule has 0 aromatic carbocycles. The Morgan fingerprint density at radius 3 is 3.00 bits per heavy atom. The first-order chi connectivity index (χ1) is 7.61. The molecular formula is C11H11ClN2O2. The second-order valence-corrected chi connectivity index (χ2v) is 3.85. The van der Waals surface area contributed by atoms with Crippen LogP contribution >= 0.6 is 11.6 Å². The van der Waals surface area contributed by atoms with Gasteiger partial charge >= 0.3 is 5.97 Å². The van der Waals surface area contributed by atoms with Crippen molar-refractivity contribution in [1.82, 2.24) is 9.38 Å². The minimum absolute atomic E-state index is 0.273. The van der Waals surface area contributed by atoms with Crippen LogP contribution in [0, 0.1) is 6.92 Å². The van der Waals surface area contributed by atoms with E-state index in [2.05, 4.69) is 4.98 Å². The van der Waals surface area contributed by atoms with Gasteiger partial charge in [-0.25, -0.2) is 9.78 Å². The molecule has 84 valence electrons. The van der Waals surface area contributed by atoms with Crippen molar-refractivity contribution >= 4 is 23.2 Å². The van der Waals surface area contributed by atoms with E-state index in [9.17, 15) is 4.79 Å². The number of aromatic nitrogens is 2. The lowest BCUT2D eigenvalue weighted by Gasteiger charge is -1.97. The Bertz CT molecular complexity index is 548. The molecule has 0 aliphatic carbocycles. The van der Waals surface area contributed by atoms with E-state index in [1.165, 1.54) is 0 Å². The molecular weight excluding hydrogens is 228 g/mol. The smallest absolute Gasteiger partial charge is 0.358 e. The van der Waals surface area contributed by atoms with E-state index in [-0.39, 0.29) is 5.69 Å². The van der Waals surface area contributed by atoms with Crippen molar-refractivity contribution in [3.05, 3.63) is 34.7 Å². The number of pyridine rings is 1. The second-order valence-electron chi connectivity index (χ2n) is 3.44. The molecule has 0 amide bonds. The summed E-state index contributed by atoms with van der Waals surface area (Å²) >= 11 is 6.02.